The summed E-state index contributed by atoms with van der Waals surface area (Å²) in [4.78, 5) is 11.7. The number of ether oxygens (including phenoxy) is 1. The van der Waals surface area contributed by atoms with Gasteiger partial charge in [0.15, 0.2) is 0 Å². The van der Waals surface area contributed by atoms with E-state index in [-0.39, 0.29) is 12.5 Å². The average molecular weight is 256 g/mol. The predicted molar refractivity (Wildman–Crippen MR) is 76.6 cm³/mol. The van der Waals surface area contributed by atoms with Gasteiger partial charge in [-0.15, -0.1) is 0 Å². The fourth-order valence-corrected chi connectivity index (χ4v) is 1.62. The van der Waals surface area contributed by atoms with Crippen molar-refractivity contribution in [2.24, 2.45) is 0 Å². The summed E-state index contributed by atoms with van der Waals surface area (Å²) in [6.07, 6.45) is 0. The van der Waals surface area contributed by atoms with Crippen LogP contribution in [-0.2, 0) is 4.79 Å². The van der Waals surface area contributed by atoms with Crippen LogP contribution in [0.15, 0.2) is 54.6 Å². The van der Waals surface area contributed by atoms with Gasteiger partial charge in [0, 0.05) is 11.4 Å². The van der Waals surface area contributed by atoms with Gasteiger partial charge < -0.3 is 15.4 Å². The number of para-hydroxylation sites is 1. The summed E-state index contributed by atoms with van der Waals surface area (Å²) in [5.74, 6) is 0.710. The van der Waals surface area contributed by atoms with Crippen molar-refractivity contribution in [2.45, 2.75) is 0 Å². The van der Waals surface area contributed by atoms with Gasteiger partial charge in [0.25, 0.3) is 0 Å². The van der Waals surface area contributed by atoms with Crippen LogP contribution in [0.2, 0.25) is 0 Å². The number of hydrogen-bond donors (Lipinski definition) is 2. The van der Waals surface area contributed by atoms with Crippen molar-refractivity contribution < 1.29 is 9.53 Å². The van der Waals surface area contributed by atoms with Crippen LogP contribution in [0, 0.1) is 0 Å². The lowest BCUT2D eigenvalue weighted by molar-refractivity contribution is -0.114. The zero-order chi connectivity index (χ0) is 13.5. The minimum Gasteiger partial charge on any atom is -0.497 e. The lowest BCUT2D eigenvalue weighted by Crippen LogP contribution is -2.21. The number of amides is 1. The molecule has 4 nitrogen and oxygen atoms in total. The van der Waals surface area contributed by atoms with Gasteiger partial charge in [0.05, 0.1) is 13.7 Å². The third-order valence-electron chi connectivity index (χ3n) is 2.60. The molecule has 0 aliphatic carbocycles. The molecule has 2 rings (SSSR count). The molecule has 0 bridgehead atoms. The van der Waals surface area contributed by atoms with Crippen LogP contribution in [0.4, 0.5) is 11.4 Å². The van der Waals surface area contributed by atoms with Crippen LogP contribution < -0.4 is 15.4 Å². The van der Waals surface area contributed by atoms with Crippen molar-refractivity contribution >= 4 is 17.3 Å². The molecule has 0 spiro atoms. The smallest absolute Gasteiger partial charge is 0.243 e. The summed E-state index contributed by atoms with van der Waals surface area (Å²) < 4.78 is 5.07. The topological polar surface area (TPSA) is 50.4 Å². The van der Waals surface area contributed by atoms with Crippen LogP contribution in [0.25, 0.3) is 0 Å². The number of nitrogens with one attached hydrogen (secondary N) is 2. The highest BCUT2D eigenvalue weighted by Gasteiger charge is 2.01. The molecule has 2 aromatic carbocycles. The molecule has 0 radical (unpaired) electrons. The minimum atomic E-state index is -0.0815. The quantitative estimate of drug-likeness (QED) is 0.864. The molecule has 1 amide bonds. The number of benzene rings is 2. The molecule has 0 saturated heterocycles. The molecule has 0 aromatic heterocycles. The highest BCUT2D eigenvalue weighted by atomic mass is 16.5. The zero-order valence-electron chi connectivity index (χ0n) is 10.7. The summed E-state index contributed by atoms with van der Waals surface area (Å²) >= 11 is 0. The summed E-state index contributed by atoms with van der Waals surface area (Å²) in [6.45, 7) is 0.223. The zero-order valence-corrected chi connectivity index (χ0v) is 10.7. The second-order valence-corrected chi connectivity index (χ2v) is 4.00. The standard InChI is InChI=1S/C15H16N2O2/c1-19-14-9-7-12(8-10-14)16-11-15(18)17-13-5-3-2-4-6-13/h2-10,16H,11H2,1H3,(H,17,18). The molecule has 0 aliphatic rings. The molecule has 0 fully saturated rings. The molecule has 4 heteroatoms. The third-order valence-corrected chi connectivity index (χ3v) is 2.60. The first-order valence-corrected chi connectivity index (χ1v) is 6.01. The Balaban J connectivity index is 1.83. The Bertz CT molecular complexity index is 524. The lowest BCUT2D eigenvalue weighted by atomic mass is 10.3. The van der Waals surface area contributed by atoms with Crippen molar-refractivity contribution in [3.63, 3.8) is 0 Å². The van der Waals surface area contributed by atoms with Crippen molar-refractivity contribution in [3.8, 4) is 5.75 Å². The largest absolute Gasteiger partial charge is 0.497 e. The SMILES string of the molecule is COc1ccc(NCC(=O)Nc2ccccc2)cc1. The monoisotopic (exact) mass is 256 g/mol. The molecule has 19 heavy (non-hydrogen) atoms. The van der Waals surface area contributed by atoms with Gasteiger partial charge in [-0.3, -0.25) is 4.79 Å². The van der Waals surface area contributed by atoms with Crippen LogP contribution >= 0.6 is 0 Å². The fraction of sp³-hybridized carbons (Fsp3) is 0.133. The van der Waals surface area contributed by atoms with Gasteiger partial charge >= 0.3 is 0 Å². The Hall–Kier alpha value is -2.49. The number of carbonyl (C=O) groups is 1. The first kappa shape index (κ1) is 13.0. The second kappa shape index (κ2) is 6.44. The first-order valence-electron chi connectivity index (χ1n) is 6.01. The van der Waals surface area contributed by atoms with E-state index in [1.54, 1.807) is 7.11 Å². The van der Waals surface area contributed by atoms with Crippen LogP contribution in [0.5, 0.6) is 5.75 Å². The van der Waals surface area contributed by atoms with Crippen molar-refractivity contribution in [1.82, 2.24) is 0 Å². The fourth-order valence-electron chi connectivity index (χ4n) is 1.62. The van der Waals surface area contributed by atoms with Crippen LogP contribution in [0.1, 0.15) is 0 Å². The Morgan fingerprint density at radius 2 is 1.68 bits per heavy atom. The van der Waals surface area contributed by atoms with Gasteiger partial charge in [0.1, 0.15) is 5.75 Å². The van der Waals surface area contributed by atoms with E-state index in [9.17, 15) is 4.79 Å². The second-order valence-electron chi connectivity index (χ2n) is 4.00. The van der Waals surface area contributed by atoms with Gasteiger partial charge in [0.2, 0.25) is 5.91 Å². The third kappa shape index (κ3) is 4.03. The minimum absolute atomic E-state index is 0.0815. The van der Waals surface area contributed by atoms with E-state index >= 15 is 0 Å². The van der Waals surface area contributed by atoms with E-state index in [1.807, 2.05) is 54.6 Å². The Morgan fingerprint density at radius 1 is 1.00 bits per heavy atom. The van der Waals surface area contributed by atoms with E-state index < -0.39 is 0 Å². The predicted octanol–water partition coefficient (Wildman–Crippen LogP) is 2.75. The molecular weight excluding hydrogens is 240 g/mol. The van der Waals surface area contributed by atoms with Crippen LogP contribution in [0.3, 0.4) is 0 Å². The molecule has 2 aromatic rings. The highest BCUT2D eigenvalue weighted by Crippen LogP contribution is 2.14. The summed E-state index contributed by atoms with van der Waals surface area (Å²) in [6, 6.07) is 16.8. The van der Waals surface area contributed by atoms with E-state index in [0.717, 1.165) is 17.1 Å². The van der Waals surface area contributed by atoms with Crippen molar-refractivity contribution in [2.75, 3.05) is 24.3 Å². The lowest BCUT2D eigenvalue weighted by Gasteiger charge is -2.08. The van der Waals surface area contributed by atoms with Crippen molar-refractivity contribution in [3.05, 3.63) is 54.6 Å². The van der Waals surface area contributed by atoms with Gasteiger partial charge in [-0.25, -0.2) is 0 Å². The van der Waals surface area contributed by atoms with Crippen LogP contribution in [-0.4, -0.2) is 19.6 Å². The Labute approximate surface area is 112 Å². The molecule has 0 heterocycles. The molecule has 2 N–H and O–H groups in total. The number of rotatable bonds is 5. The summed E-state index contributed by atoms with van der Waals surface area (Å²) in [5, 5.41) is 5.86. The molecular formula is C15H16N2O2. The molecule has 0 saturated carbocycles. The maximum absolute atomic E-state index is 11.7. The van der Waals surface area contributed by atoms with E-state index in [2.05, 4.69) is 10.6 Å². The highest BCUT2D eigenvalue weighted by molar-refractivity contribution is 5.93. The van der Waals surface area contributed by atoms with Gasteiger partial charge in [-0.1, -0.05) is 18.2 Å². The van der Waals surface area contributed by atoms with Gasteiger partial charge in [-0.05, 0) is 36.4 Å². The summed E-state index contributed by atoms with van der Waals surface area (Å²) in [5.41, 5.74) is 1.67. The van der Waals surface area contributed by atoms with E-state index in [1.165, 1.54) is 0 Å². The van der Waals surface area contributed by atoms with E-state index in [0.29, 0.717) is 0 Å². The number of hydrogen-bond acceptors (Lipinski definition) is 3. The molecule has 0 aliphatic heterocycles. The normalized spacial score (nSPS) is 9.74. The molecule has 0 atom stereocenters. The maximum Gasteiger partial charge on any atom is 0.243 e. The number of carbonyl (C=O) groups excluding carboxylic acids is 1. The molecule has 98 valence electrons. The Morgan fingerprint density at radius 3 is 2.32 bits per heavy atom. The molecule has 0 unspecified atom stereocenters. The maximum atomic E-state index is 11.7. The first-order chi connectivity index (χ1) is 9.28. The summed E-state index contributed by atoms with van der Waals surface area (Å²) in [7, 11) is 1.62. The number of methoxy groups -OCH3 is 1. The number of anilines is 2. The average Bonchev–Trinajstić information content (AvgIpc) is 2.47. The van der Waals surface area contributed by atoms with Gasteiger partial charge in [-0.2, -0.15) is 0 Å². The van der Waals surface area contributed by atoms with E-state index in [4.69, 9.17) is 4.74 Å². The Kier molecular flexibility index (Phi) is 4.39. The van der Waals surface area contributed by atoms with Crippen molar-refractivity contribution in [1.29, 1.82) is 0 Å².